The van der Waals surface area contributed by atoms with Gasteiger partial charge < -0.3 is 14.4 Å². The molecule has 0 bridgehead atoms. The van der Waals surface area contributed by atoms with Crippen molar-refractivity contribution in [1.82, 2.24) is 4.90 Å². The van der Waals surface area contributed by atoms with Crippen LogP contribution in [0.5, 0.6) is 11.5 Å². The van der Waals surface area contributed by atoms with E-state index in [1.165, 1.54) is 32.3 Å². The van der Waals surface area contributed by atoms with E-state index in [0.717, 1.165) is 31.4 Å². The Bertz CT molecular complexity index is 1210. The molecule has 0 N–H and O–H groups in total. The summed E-state index contributed by atoms with van der Waals surface area (Å²) in [5.41, 5.74) is -0.240. The van der Waals surface area contributed by atoms with Gasteiger partial charge in [-0.1, -0.05) is 42.8 Å². The number of piperidine rings is 1. The van der Waals surface area contributed by atoms with E-state index in [4.69, 9.17) is 9.47 Å². The smallest absolute Gasteiger partial charge is 0.311 e. The van der Waals surface area contributed by atoms with Crippen LogP contribution in [-0.2, 0) is 9.59 Å². The SMILES string of the molecule is CC(=O)Oc1cc(OC(=O)CCCN2CCCCC2)cc2ccc3ccccc3c(=O)c12. The molecule has 3 aromatic rings. The molecule has 6 nitrogen and oxygen atoms in total. The molecule has 1 saturated heterocycles. The van der Waals surface area contributed by atoms with Crippen LogP contribution in [-0.4, -0.2) is 36.5 Å². The van der Waals surface area contributed by atoms with Crippen molar-refractivity contribution in [2.24, 2.45) is 0 Å². The van der Waals surface area contributed by atoms with E-state index < -0.39 is 5.97 Å². The first-order valence-electron chi connectivity index (χ1n) is 11.1. The average Bonchev–Trinajstić information content (AvgIpc) is 2.91. The number of likely N-dealkylation sites (tertiary alicyclic amines) is 1. The minimum Gasteiger partial charge on any atom is -0.426 e. The predicted molar refractivity (Wildman–Crippen MR) is 124 cm³/mol. The average molecular weight is 434 g/mol. The van der Waals surface area contributed by atoms with Crippen LogP contribution in [0.3, 0.4) is 0 Å². The number of fused-ring (bicyclic) bond motifs is 2. The maximum atomic E-state index is 13.2. The van der Waals surface area contributed by atoms with E-state index >= 15 is 0 Å². The first kappa shape index (κ1) is 22.0. The fourth-order valence-electron chi connectivity index (χ4n) is 4.26. The Morgan fingerprint density at radius 2 is 1.69 bits per heavy atom. The topological polar surface area (TPSA) is 72.9 Å². The molecule has 0 atom stereocenters. The molecule has 3 aromatic carbocycles. The first-order valence-corrected chi connectivity index (χ1v) is 11.1. The number of hydrogen-bond donors (Lipinski definition) is 0. The van der Waals surface area contributed by atoms with Crippen molar-refractivity contribution < 1.29 is 19.1 Å². The molecule has 1 fully saturated rings. The molecule has 32 heavy (non-hydrogen) atoms. The Kier molecular flexibility index (Phi) is 6.81. The van der Waals surface area contributed by atoms with E-state index in [9.17, 15) is 14.4 Å². The number of benzene rings is 2. The molecule has 1 heterocycles. The number of esters is 2. The van der Waals surface area contributed by atoms with Crippen molar-refractivity contribution in [3.63, 3.8) is 0 Å². The molecule has 0 saturated carbocycles. The van der Waals surface area contributed by atoms with Gasteiger partial charge in [0.15, 0.2) is 5.43 Å². The van der Waals surface area contributed by atoms with E-state index in [1.807, 2.05) is 18.2 Å². The monoisotopic (exact) mass is 433 g/mol. The highest BCUT2D eigenvalue weighted by Crippen LogP contribution is 2.30. The van der Waals surface area contributed by atoms with Gasteiger partial charge >= 0.3 is 11.9 Å². The Morgan fingerprint density at radius 1 is 0.938 bits per heavy atom. The van der Waals surface area contributed by atoms with Crippen LogP contribution in [0.2, 0.25) is 0 Å². The summed E-state index contributed by atoms with van der Waals surface area (Å²) in [4.78, 5) is 39.7. The Morgan fingerprint density at radius 3 is 2.47 bits per heavy atom. The van der Waals surface area contributed by atoms with Crippen LogP contribution >= 0.6 is 0 Å². The first-order chi connectivity index (χ1) is 15.5. The van der Waals surface area contributed by atoms with Crippen LogP contribution in [0, 0.1) is 0 Å². The molecule has 0 aromatic heterocycles. The zero-order valence-electron chi connectivity index (χ0n) is 18.3. The van der Waals surface area contributed by atoms with E-state index in [0.29, 0.717) is 17.2 Å². The summed E-state index contributed by atoms with van der Waals surface area (Å²) in [6, 6.07) is 13.9. The van der Waals surface area contributed by atoms with Crippen molar-refractivity contribution in [1.29, 1.82) is 0 Å². The van der Waals surface area contributed by atoms with Gasteiger partial charge in [-0.3, -0.25) is 14.4 Å². The van der Waals surface area contributed by atoms with E-state index in [2.05, 4.69) is 4.90 Å². The normalized spacial score (nSPS) is 14.4. The lowest BCUT2D eigenvalue weighted by molar-refractivity contribution is -0.134. The predicted octanol–water partition coefficient (Wildman–Crippen LogP) is 4.45. The van der Waals surface area contributed by atoms with Crippen LogP contribution in [0.4, 0.5) is 0 Å². The summed E-state index contributed by atoms with van der Waals surface area (Å²) in [6.07, 6.45) is 4.75. The lowest BCUT2D eigenvalue weighted by atomic mass is 10.1. The second-order valence-electron chi connectivity index (χ2n) is 8.21. The number of carbonyl (C=O) groups is 2. The fourth-order valence-corrected chi connectivity index (χ4v) is 4.26. The number of nitrogens with zero attached hydrogens (tertiary/aromatic N) is 1. The van der Waals surface area contributed by atoms with Gasteiger partial charge in [-0.15, -0.1) is 0 Å². The molecule has 0 unspecified atom stereocenters. The lowest BCUT2D eigenvalue weighted by Crippen LogP contribution is -2.31. The van der Waals surface area contributed by atoms with Crippen molar-refractivity contribution in [2.75, 3.05) is 19.6 Å². The highest BCUT2D eigenvalue weighted by atomic mass is 16.5. The van der Waals surface area contributed by atoms with Crippen molar-refractivity contribution in [3.05, 3.63) is 58.8 Å². The standard InChI is InChI=1S/C26H27NO5/c1-18(28)31-23-17-21(32-24(29)10-7-15-27-13-5-2-6-14-27)16-20-12-11-19-8-3-4-9-22(19)26(30)25(20)23/h3-4,8-9,11-12,16-17H,2,5-7,10,13-15H2,1H3. The molecule has 1 aliphatic heterocycles. The van der Waals surface area contributed by atoms with E-state index in [-0.39, 0.29) is 28.3 Å². The molecule has 166 valence electrons. The third-order valence-electron chi connectivity index (χ3n) is 5.77. The van der Waals surface area contributed by atoms with Crippen molar-refractivity contribution in [3.8, 4) is 11.5 Å². The number of rotatable bonds is 6. The molecular formula is C26H27NO5. The van der Waals surface area contributed by atoms with Crippen LogP contribution in [0.15, 0.2) is 53.3 Å². The lowest BCUT2D eigenvalue weighted by Gasteiger charge is -2.26. The summed E-state index contributed by atoms with van der Waals surface area (Å²) in [6.45, 7) is 4.34. The second-order valence-corrected chi connectivity index (χ2v) is 8.21. The maximum Gasteiger partial charge on any atom is 0.311 e. The van der Waals surface area contributed by atoms with Crippen molar-refractivity contribution in [2.45, 2.75) is 39.0 Å². The highest BCUT2D eigenvalue weighted by Gasteiger charge is 2.15. The molecule has 0 aliphatic carbocycles. The Balaban J connectivity index is 1.60. The van der Waals surface area contributed by atoms with Crippen LogP contribution in [0.25, 0.3) is 21.5 Å². The van der Waals surface area contributed by atoms with Gasteiger partial charge in [-0.2, -0.15) is 0 Å². The van der Waals surface area contributed by atoms with E-state index in [1.54, 1.807) is 24.3 Å². The third kappa shape index (κ3) is 5.14. The summed E-state index contributed by atoms with van der Waals surface area (Å²) >= 11 is 0. The molecule has 0 radical (unpaired) electrons. The summed E-state index contributed by atoms with van der Waals surface area (Å²) in [5, 5.41) is 2.13. The number of hydrogen-bond acceptors (Lipinski definition) is 6. The maximum absolute atomic E-state index is 13.2. The zero-order chi connectivity index (χ0) is 22.5. The van der Waals surface area contributed by atoms with Crippen LogP contribution in [0.1, 0.15) is 39.0 Å². The quantitative estimate of drug-likeness (QED) is 0.422. The highest BCUT2D eigenvalue weighted by molar-refractivity contribution is 5.98. The molecular weight excluding hydrogens is 406 g/mol. The molecule has 4 rings (SSSR count). The van der Waals surface area contributed by atoms with Crippen LogP contribution < -0.4 is 14.9 Å². The van der Waals surface area contributed by atoms with Gasteiger partial charge in [0.2, 0.25) is 0 Å². The van der Waals surface area contributed by atoms with Gasteiger partial charge in [0, 0.05) is 24.8 Å². The van der Waals surface area contributed by atoms with Gasteiger partial charge in [0.1, 0.15) is 11.5 Å². The zero-order valence-corrected chi connectivity index (χ0v) is 18.3. The Hall–Kier alpha value is -3.25. The van der Waals surface area contributed by atoms with Gasteiger partial charge in [0.05, 0.1) is 5.39 Å². The third-order valence-corrected chi connectivity index (χ3v) is 5.77. The molecule has 1 aliphatic rings. The minimum atomic E-state index is -0.550. The van der Waals surface area contributed by atoms with Gasteiger partial charge in [0.25, 0.3) is 0 Å². The van der Waals surface area contributed by atoms with Gasteiger partial charge in [-0.25, -0.2) is 0 Å². The number of carbonyl (C=O) groups excluding carboxylic acids is 2. The largest absolute Gasteiger partial charge is 0.426 e. The summed E-state index contributed by atoms with van der Waals surface area (Å²) < 4.78 is 10.9. The molecule has 0 spiro atoms. The summed E-state index contributed by atoms with van der Waals surface area (Å²) in [5.74, 6) is -0.543. The molecule has 6 heteroatoms. The minimum absolute atomic E-state index is 0.0949. The van der Waals surface area contributed by atoms with Crippen molar-refractivity contribution >= 4 is 33.5 Å². The second kappa shape index (κ2) is 9.92. The van der Waals surface area contributed by atoms with Gasteiger partial charge in [-0.05, 0) is 55.7 Å². The Labute approximate surface area is 186 Å². The number of ether oxygens (including phenoxy) is 2. The fraction of sp³-hybridized carbons (Fsp3) is 0.346. The summed E-state index contributed by atoms with van der Waals surface area (Å²) in [7, 11) is 0. The molecule has 0 amide bonds.